The van der Waals surface area contributed by atoms with Gasteiger partial charge in [0.2, 0.25) is 0 Å². The average Bonchev–Trinajstić information content (AvgIpc) is 3.18. The highest BCUT2D eigenvalue weighted by Gasteiger charge is 2.41. The molecule has 0 bridgehead atoms. The summed E-state index contributed by atoms with van der Waals surface area (Å²) in [5.41, 5.74) is 0.710. The second kappa shape index (κ2) is 5.44. The molecule has 1 amide bonds. The molecule has 1 aromatic heterocycles. The van der Waals surface area contributed by atoms with Crippen molar-refractivity contribution >= 4 is 11.9 Å². The van der Waals surface area contributed by atoms with E-state index in [0.717, 1.165) is 6.42 Å². The van der Waals surface area contributed by atoms with Gasteiger partial charge < -0.3 is 15.2 Å². The van der Waals surface area contributed by atoms with E-state index in [1.54, 1.807) is 6.92 Å². The molecule has 1 saturated carbocycles. The van der Waals surface area contributed by atoms with Crippen LogP contribution >= 0.6 is 0 Å². The normalized spacial score (nSPS) is 24.8. The molecule has 2 N–H and O–H groups in total. The predicted octanol–water partition coefficient (Wildman–Crippen LogP) is 1.39. The Bertz CT molecular complexity index is 583. The van der Waals surface area contributed by atoms with Gasteiger partial charge in [-0.3, -0.25) is 4.79 Å². The minimum Gasteiger partial charge on any atom is -0.478 e. The van der Waals surface area contributed by atoms with Crippen LogP contribution in [0.1, 0.15) is 45.8 Å². The van der Waals surface area contributed by atoms with E-state index in [9.17, 15) is 9.59 Å². The van der Waals surface area contributed by atoms with Crippen LogP contribution in [0.5, 0.6) is 0 Å². The Kier molecular flexibility index (Phi) is 3.63. The maximum Gasteiger partial charge on any atom is 0.337 e. The second-order valence-electron chi connectivity index (χ2n) is 5.68. The van der Waals surface area contributed by atoms with Crippen LogP contribution in [0.25, 0.3) is 0 Å². The Morgan fingerprint density at radius 3 is 2.71 bits per heavy atom. The molecule has 1 aromatic rings. The van der Waals surface area contributed by atoms with Crippen molar-refractivity contribution in [1.29, 1.82) is 0 Å². The van der Waals surface area contributed by atoms with Gasteiger partial charge in [0.25, 0.3) is 5.91 Å². The molecule has 6 nitrogen and oxygen atoms in total. The van der Waals surface area contributed by atoms with Crippen LogP contribution in [0.2, 0.25) is 0 Å². The van der Waals surface area contributed by atoms with Gasteiger partial charge in [-0.1, -0.05) is 0 Å². The number of rotatable bonds is 4. The average molecular weight is 290 g/mol. The number of nitrogens with zero attached hydrogens (tertiary/aromatic N) is 1. The van der Waals surface area contributed by atoms with Crippen LogP contribution in [0.4, 0.5) is 0 Å². The number of hydrogen-bond acceptors (Lipinski definition) is 4. The molecule has 1 aliphatic heterocycles. The van der Waals surface area contributed by atoms with Gasteiger partial charge in [-0.2, -0.15) is 0 Å². The molecule has 6 heteroatoms. The van der Waals surface area contributed by atoms with Crippen LogP contribution in [-0.4, -0.2) is 40.7 Å². The topological polar surface area (TPSA) is 88.5 Å². The lowest BCUT2D eigenvalue weighted by Crippen LogP contribution is -2.41. The van der Waals surface area contributed by atoms with Gasteiger partial charge in [-0.05, 0) is 44.2 Å². The molecule has 2 fully saturated rings. The number of carboxylic acid groups (broad SMARTS) is 1. The summed E-state index contributed by atoms with van der Waals surface area (Å²) in [6.07, 6.45) is 3.27. The molecule has 2 heterocycles. The highest BCUT2D eigenvalue weighted by Crippen LogP contribution is 2.38. The lowest BCUT2D eigenvalue weighted by molar-refractivity contribution is 0.0693. The lowest BCUT2D eigenvalue weighted by atomic mass is 10.1. The summed E-state index contributed by atoms with van der Waals surface area (Å²) in [5, 5.41) is 11.9. The predicted molar refractivity (Wildman–Crippen MR) is 74.3 cm³/mol. The largest absolute Gasteiger partial charge is 0.478 e. The summed E-state index contributed by atoms with van der Waals surface area (Å²) in [7, 11) is 0. The number of nitrogens with one attached hydrogen (secondary N) is 1. The van der Waals surface area contributed by atoms with Gasteiger partial charge in [0.15, 0.2) is 0 Å². The molecule has 0 radical (unpaired) electrons. The lowest BCUT2D eigenvalue weighted by Gasteiger charge is -2.19. The molecule has 1 aliphatic carbocycles. The number of amides is 1. The maximum atomic E-state index is 12.2. The molecule has 3 rings (SSSR count). The standard InChI is InChI=1S/C15H18N2O4/c1-8-10(15(19)20)4-5-12(16-8)14(18)17-11-6-7-21-13(11)9-2-3-9/h4-5,9,11,13H,2-3,6-7H2,1H3,(H,17,18)(H,19,20). The van der Waals surface area contributed by atoms with Crippen LogP contribution in [-0.2, 0) is 4.74 Å². The van der Waals surface area contributed by atoms with Gasteiger partial charge in [0, 0.05) is 6.61 Å². The van der Waals surface area contributed by atoms with Gasteiger partial charge in [-0.15, -0.1) is 0 Å². The Hall–Kier alpha value is -1.95. The van der Waals surface area contributed by atoms with E-state index in [-0.39, 0.29) is 29.3 Å². The van der Waals surface area contributed by atoms with Gasteiger partial charge in [0.05, 0.1) is 23.4 Å². The summed E-state index contributed by atoms with van der Waals surface area (Å²) < 4.78 is 5.69. The van der Waals surface area contributed by atoms with E-state index in [0.29, 0.717) is 18.2 Å². The number of carbonyl (C=O) groups excluding carboxylic acids is 1. The molecule has 2 atom stereocenters. The smallest absolute Gasteiger partial charge is 0.337 e. The number of ether oxygens (including phenoxy) is 1. The fraction of sp³-hybridized carbons (Fsp3) is 0.533. The zero-order valence-corrected chi connectivity index (χ0v) is 11.8. The molecular formula is C15H18N2O4. The van der Waals surface area contributed by atoms with Crippen LogP contribution in [0, 0.1) is 12.8 Å². The zero-order chi connectivity index (χ0) is 15.0. The fourth-order valence-corrected chi connectivity index (χ4v) is 2.81. The highest BCUT2D eigenvalue weighted by atomic mass is 16.5. The summed E-state index contributed by atoms with van der Waals surface area (Å²) in [4.78, 5) is 27.3. The first-order valence-corrected chi connectivity index (χ1v) is 7.19. The maximum absolute atomic E-state index is 12.2. The van der Waals surface area contributed by atoms with Crippen molar-refractivity contribution in [3.63, 3.8) is 0 Å². The van der Waals surface area contributed by atoms with E-state index in [1.807, 2.05) is 0 Å². The first kappa shape index (κ1) is 14.0. The SMILES string of the molecule is Cc1nc(C(=O)NC2CCOC2C2CC2)ccc1C(=O)O. The molecule has 2 unspecified atom stereocenters. The quantitative estimate of drug-likeness (QED) is 0.874. The first-order valence-electron chi connectivity index (χ1n) is 7.19. The van der Waals surface area contributed by atoms with Crippen molar-refractivity contribution in [2.24, 2.45) is 5.92 Å². The molecule has 112 valence electrons. The molecule has 21 heavy (non-hydrogen) atoms. The summed E-state index contributed by atoms with van der Waals surface area (Å²) in [5.74, 6) is -0.733. The van der Waals surface area contributed by atoms with Gasteiger partial charge in [-0.25, -0.2) is 9.78 Å². The van der Waals surface area contributed by atoms with Crippen molar-refractivity contribution in [1.82, 2.24) is 10.3 Å². The monoisotopic (exact) mass is 290 g/mol. The Morgan fingerprint density at radius 2 is 2.10 bits per heavy atom. The third kappa shape index (κ3) is 2.90. The third-order valence-corrected chi connectivity index (χ3v) is 4.09. The van der Waals surface area contributed by atoms with Crippen LogP contribution in [0.3, 0.4) is 0 Å². The Labute approximate surface area is 122 Å². The van der Waals surface area contributed by atoms with Crippen molar-refractivity contribution in [3.05, 3.63) is 29.1 Å². The summed E-state index contributed by atoms with van der Waals surface area (Å²) in [6.45, 7) is 2.27. The number of carbonyl (C=O) groups is 2. The molecule has 1 saturated heterocycles. The van der Waals surface area contributed by atoms with E-state index in [1.165, 1.54) is 25.0 Å². The molecule has 0 aromatic carbocycles. The Morgan fingerprint density at radius 1 is 1.33 bits per heavy atom. The minimum absolute atomic E-state index is 0.0336. The Balaban J connectivity index is 1.70. The van der Waals surface area contributed by atoms with E-state index >= 15 is 0 Å². The zero-order valence-electron chi connectivity index (χ0n) is 11.8. The summed E-state index contributed by atoms with van der Waals surface area (Å²) in [6, 6.07) is 2.91. The molecular weight excluding hydrogens is 272 g/mol. The first-order chi connectivity index (χ1) is 10.1. The van der Waals surface area contributed by atoms with Crippen LogP contribution < -0.4 is 5.32 Å². The van der Waals surface area contributed by atoms with E-state index in [4.69, 9.17) is 9.84 Å². The van der Waals surface area contributed by atoms with Crippen molar-refractivity contribution in [3.8, 4) is 0 Å². The molecule has 2 aliphatic rings. The fourth-order valence-electron chi connectivity index (χ4n) is 2.81. The number of pyridine rings is 1. The van der Waals surface area contributed by atoms with Crippen molar-refractivity contribution in [2.75, 3.05) is 6.61 Å². The van der Waals surface area contributed by atoms with Crippen molar-refractivity contribution < 1.29 is 19.4 Å². The van der Waals surface area contributed by atoms with E-state index in [2.05, 4.69) is 10.3 Å². The van der Waals surface area contributed by atoms with Crippen molar-refractivity contribution in [2.45, 2.75) is 38.3 Å². The highest BCUT2D eigenvalue weighted by molar-refractivity contribution is 5.94. The number of carboxylic acids is 1. The minimum atomic E-state index is -1.04. The van der Waals surface area contributed by atoms with E-state index < -0.39 is 5.97 Å². The number of aryl methyl sites for hydroxylation is 1. The number of hydrogen-bond donors (Lipinski definition) is 2. The van der Waals surface area contributed by atoms with Gasteiger partial charge in [0.1, 0.15) is 5.69 Å². The van der Waals surface area contributed by atoms with Crippen LogP contribution in [0.15, 0.2) is 12.1 Å². The summed E-state index contributed by atoms with van der Waals surface area (Å²) >= 11 is 0. The number of aromatic nitrogens is 1. The molecule has 0 spiro atoms. The third-order valence-electron chi connectivity index (χ3n) is 4.09. The van der Waals surface area contributed by atoms with Gasteiger partial charge >= 0.3 is 5.97 Å². The number of aromatic carboxylic acids is 1. The second-order valence-corrected chi connectivity index (χ2v) is 5.68.